The fourth-order valence-corrected chi connectivity index (χ4v) is 0.381. The van der Waals surface area contributed by atoms with E-state index in [9.17, 15) is 9.90 Å². The summed E-state index contributed by atoms with van der Waals surface area (Å²) < 4.78 is 4.45. The van der Waals surface area contributed by atoms with E-state index < -0.39 is 5.97 Å². The van der Waals surface area contributed by atoms with E-state index >= 15 is 0 Å². The van der Waals surface area contributed by atoms with Gasteiger partial charge >= 0.3 is 29.6 Å². The molecule has 0 aromatic carbocycles. The third-order valence-corrected chi connectivity index (χ3v) is 0.757. The molecule has 0 unspecified atom stereocenters. The van der Waals surface area contributed by atoms with Crippen molar-refractivity contribution in [2.45, 2.75) is 0 Å². The molecular formula is C5H3NaO3. The molecule has 0 N–H and O–H groups in total. The number of carboxylic acids is 1. The third kappa shape index (κ3) is 2.22. The Morgan fingerprint density at radius 2 is 2.33 bits per heavy atom. The van der Waals surface area contributed by atoms with Crippen molar-refractivity contribution >= 4 is 5.97 Å². The molecule has 3 nitrogen and oxygen atoms in total. The van der Waals surface area contributed by atoms with Crippen LogP contribution < -0.4 is 34.7 Å². The Labute approximate surface area is 74.0 Å². The van der Waals surface area contributed by atoms with Crippen molar-refractivity contribution in [3.05, 3.63) is 24.2 Å². The van der Waals surface area contributed by atoms with Crippen LogP contribution in [-0.4, -0.2) is 5.97 Å². The molecule has 1 heterocycles. The molecule has 0 saturated carbocycles. The number of carbonyl (C=O) groups is 1. The van der Waals surface area contributed by atoms with E-state index in [0.29, 0.717) is 0 Å². The molecule has 0 aliphatic carbocycles. The number of aromatic carboxylic acids is 1. The van der Waals surface area contributed by atoms with Crippen LogP contribution in [0, 0.1) is 0 Å². The van der Waals surface area contributed by atoms with Crippen molar-refractivity contribution in [3.63, 3.8) is 0 Å². The van der Waals surface area contributed by atoms with Crippen LogP contribution in [-0.2, 0) is 0 Å². The summed E-state index contributed by atoms with van der Waals surface area (Å²) in [4.78, 5) is 9.89. The van der Waals surface area contributed by atoms with Crippen LogP contribution in [0.5, 0.6) is 0 Å². The van der Waals surface area contributed by atoms with Gasteiger partial charge in [0, 0.05) is 5.56 Å². The van der Waals surface area contributed by atoms with E-state index in [1.807, 2.05) is 0 Å². The van der Waals surface area contributed by atoms with E-state index in [1.54, 1.807) is 0 Å². The van der Waals surface area contributed by atoms with Crippen molar-refractivity contribution in [3.8, 4) is 0 Å². The van der Waals surface area contributed by atoms with Crippen molar-refractivity contribution in [1.29, 1.82) is 0 Å². The van der Waals surface area contributed by atoms with Crippen LogP contribution in [0.1, 0.15) is 10.4 Å². The van der Waals surface area contributed by atoms with Crippen LogP contribution in [0.4, 0.5) is 0 Å². The molecule has 0 aliphatic heterocycles. The molecule has 1 aromatic heterocycles. The predicted molar refractivity (Wildman–Crippen MR) is 23.0 cm³/mol. The molecule has 0 spiro atoms. The monoisotopic (exact) mass is 134 g/mol. The average Bonchev–Trinajstić information content (AvgIpc) is 2.12. The first kappa shape index (κ1) is 8.75. The molecule has 1 rings (SSSR count). The maximum absolute atomic E-state index is 9.89. The van der Waals surface area contributed by atoms with Crippen molar-refractivity contribution in [2.75, 3.05) is 0 Å². The second kappa shape index (κ2) is 3.71. The van der Waals surface area contributed by atoms with E-state index in [1.165, 1.54) is 12.3 Å². The van der Waals surface area contributed by atoms with Crippen LogP contribution in [0.2, 0.25) is 0 Å². The van der Waals surface area contributed by atoms with E-state index in [-0.39, 0.29) is 35.1 Å². The molecule has 1 aromatic rings. The number of hydrogen-bond donors (Lipinski definition) is 0. The van der Waals surface area contributed by atoms with Gasteiger partial charge in [-0.05, 0) is 6.07 Å². The second-order valence-electron chi connectivity index (χ2n) is 1.30. The van der Waals surface area contributed by atoms with Gasteiger partial charge in [0.05, 0.1) is 18.5 Å². The summed E-state index contributed by atoms with van der Waals surface area (Å²) in [5, 5.41) is 9.89. The Hall–Kier alpha value is -0.250. The van der Waals surface area contributed by atoms with Crippen molar-refractivity contribution < 1.29 is 43.9 Å². The van der Waals surface area contributed by atoms with E-state index in [2.05, 4.69) is 4.42 Å². The molecule has 0 aliphatic rings. The normalized spacial score (nSPS) is 8.00. The van der Waals surface area contributed by atoms with Gasteiger partial charge in [0.2, 0.25) is 0 Å². The molecule has 0 fully saturated rings. The Kier molecular flexibility index (Phi) is 3.61. The maximum atomic E-state index is 9.89. The van der Waals surface area contributed by atoms with Crippen molar-refractivity contribution in [1.82, 2.24) is 0 Å². The zero-order valence-corrected chi connectivity index (χ0v) is 6.96. The minimum absolute atomic E-state index is 0. The summed E-state index contributed by atoms with van der Waals surface area (Å²) in [6, 6.07) is 1.33. The third-order valence-electron chi connectivity index (χ3n) is 0.757. The van der Waals surface area contributed by atoms with Crippen LogP contribution in [0.15, 0.2) is 23.0 Å². The minimum Gasteiger partial charge on any atom is -0.545 e. The van der Waals surface area contributed by atoms with Gasteiger partial charge in [-0.15, -0.1) is 0 Å². The smallest absolute Gasteiger partial charge is 0.545 e. The van der Waals surface area contributed by atoms with Gasteiger partial charge in [0.15, 0.2) is 0 Å². The summed E-state index contributed by atoms with van der Waals surface area (Å²) >= 11 is 0. The average molecular weight is 134 g/mol. The summed E-state index contributed by atoms with van der Waals surface area (Å²) in [5.41, 5.74) is 0.0741. The molecule has 0 radical (unpaired) electrons. The molecule has 0 amide bonds. The molecule has 0 atom stereocenters. The molecule has 0 bridgehead atoms. The minimum atomic E-state index is -1.21. The molecule has 0 saturated heterocycles. The topological polar surface area (TPSA) is 53.3 Å². The molecule has 9 heavy (non-hydrogen) atoms. The predicted octanol–water partition coefficient (Wildman–Crippen LogP) is -3.35. The van der Waals surface area contributed by atoms with Crippen molar-refractivity contribution in [2.24, 2.45) is 0 Å². The number of carboxylic acid groups (broad SMARTS) is 1. The van der Waals surface area contributed by atoms with Gasteiger partial charge in [0.1, 0.15) is 0 Å². The summed E-state index contributed by atoms with van der Waals surface area (Å²) in [6.45, 7) is 0. The fourth-order valence-electron chi connectivity index (χ4n) is 0.381. The first-order chi connectivity index (χ1) is 3.80. The standard InChI is InChI=1S/C5H4O3.Na/c6-5(7)4-1-2-8-3-4;/h1-3H,(H,6,7);/q;+1/p-1. The van der Waals surface area contributed by atoms with Crippen LogP contribution in [0.3, 0.4) is 0 Å². The number of rotatable bonds is 1. The van der Waals surface area contributed by atoms with Crippen LogP contribution >= 0.6 is 0 Å². The summed E-state index contributed by atoms with van der Waals surface area (Å²) in [5.74, 6) is -1.21. The number of hydrogen-bond acceptors (Lipinski definition) is 3. The first-order valence-electron chi connectivity index (χ1n) is 2.04. The zero-order valence-electron chi connectivity index (χ0n) is 4.96. The Morgan fingerprint density at radius 3 is 2.56 bits per heavy atom. The first-order valence-corrected chi connectivity index (χ1v) is 2.04. The van der Waals surface area contributed by atoms with Gasteiger partial charge < -0.3 is 14.3 Å². The largest absolute Gasteiger partial charge is 1.00 e. The van der Waals surface area contributed by atoms with Gasteiger partial charge in [0.25, 0.3) is 0 Å². The Bertz CT molecular complexity index is 180. The SMILES string of the molecule is O=C([O-])c1ccoc1.[Na+]. The molecular weight excluding hydrogens is 131 g/mol. The maximum Gasteiger partial charge on any atom is 1.00 e. The van der Waals surface area contributed by atoms with Gasteiger partial charge in [-0.2, -0.15) is 0 Å². The van der Waals surface area contributed by atoms with E-state index in [4.69, 9.17) is 0 Å². The van der Waals surface area contributed by atoms with Gasteiger partial charge in [-0.25, -0.2) is 0 Å². The fraction of sp³-hybridized carbons (Fsp3) is 0. The number of carbonyl (C=O) groups excluding carboxylic acids is 1. The van der Waals surface area contributed by atoms with Gasteiger partial charge in [-0.3, -0.25) is 0 Å². The second-order valence-corrected chi connectivity index (χ2v) is 1.30. The summed E-state index contributed by atoms with van der Waals surface area (Å²) in [7, 11) is 0. The molecule has 42 valence electrons. The van der Waals surface area contributed by atoms with Gasteiger partial charge in [-0.1, -0.05) is 0 Å². The Balaban J connectivity index is 0.000000640. The van der Waals surface area contributed by atoms with E-state index in [0.717, 1.165) is 6.26 Å². The summed E-state index contributed by atoms with van der Waals surface area (Å²) in [6.07, 6.45) is 2.40. The number of furan rings is 1. The Morgan fingerprint density at radius 1 is 1.67 bits per heavy atom. The quantitative estimate of drug-likeness (QED) is 0.377. The zero-order chi connectivity index (χ0) is 5.98. The van der Waals surface area contributed by atoms with Crippen LogP contribution in [0.25, 0.3) is 0 Å². The molecule has 4 heteroatoms.